The number of hydrogen-bond acceptors (Lipinski definition) is 3. The molecule has 2 unspecified atom stereocenters. The van der Waals surface area contributed by atoms with Crippen molar-refractivity contribution in [3.8, 4) is 5.75 Å². The van der Waals surface area contributed by atoms with Crippen molar-refractivity contribution in [2.75, 3.05) is 19.8 Å². The summed E-state index contributed by atoms with van der Waals surface area (Å²) in [6.07, 6.45) is 0.417. The Bertz CT molecular complexity index is 611. The van der Waals surface area contributed by atoms with E-state index in [-0.39, 0.29) is 11.8 Å². The van der Waals surface area contributed by atoms with Crippen molar-refractivity contribution in [2.45, 2.75) is 32.0 Å². The van der Waals surface area contributed by atoms with Crippen LogP contribution in [0, 0.1) is 11.6 Å². The van der Waals surface area contributed by atoms with Crippen LogP contribution in [0.2, 0.25) is 0 Å². The van der Waals surface area contributed by atoms with Crippen molar-refractivity contribution in [1.29, 1.82) is 0 Å². The van der Waals surface area contributed by atoms with Crippen LogP contribution in [0.1, 0.15) is 31.9 Å². The predicted octanol–water partition coefficient (Wildman–Crippen LogP) is 2.57. The standard InChI is InChI=1S/C15H18F2N2O3/c1-3-21-5-4-19-14(20)18-12-8-15(19,2)22-13-10(12)6-9(16)7-11(13)17/h6-7,12H,3-5,8H2,1-2H3,(H,18,20). The number of fused-ring (bicyclic) bond motifs is 4. The zero-order valence-corrected chi connectivity index (χ0v) is 12.5. The Morgan fingerprint density at radius 3 is 3.00 bits per heavy atom. The second kappa shape index (κ2) is 5.39. The minimum absolute atomic E-state index is 0.00144. The first kappa shape index (κ1) is 15.0. The lowest BCUT2D eigenvalue weighted by Crippen LogP contribution is -2.65. The number of hydrogen-bond donors (Lipinski definition) is 1. The average Bonchev–Trinajstić information content (AvgIpc) is 2.44. The van der Waals surface area contributed by atoms with E-state index >= 15 is 0 Å². The minimum Gasteiger partial charge on any atom is -0.465 e. The van der Waals surface area contributed by atoms with Gasteiger partial charge in [-0.05, 0) is 19.9 Å². The lowest BCUT2D eigenvalue weighted by molar-refractivity contribution is -0.0927. The second-order valence-electron chi connectivity index (χ2n) is 5.64. The lowest BCUT2D eigenvalue weighted by Gasteiger charge is -2.50. The summed E-state index contributed by atoms with van der Waals surface area (Å²) in [5, 5.41) is 2.78. The molecule has 3 rings (SSSR count). The molecule has 2 aliphatic heterocycles. The van der Waals surface area contributed by atoms with Gasteiger partial charge in [-0.1, -0.05) is 0 Å². The Kier molecular flexibility index (Phi) is 3.68. The molecule has 0 aromatic heterocycles. The number of ether oxygens (including phenoxy) is 2. The molecule has 2 bridgehead atoms. The first-order valence-electron chi connectivity index (χ1n) is 7.28. The number of nitrogens with one attached hydrogen (secondary N) is 1. The van der Waals surface area contributed by atoms with Gasteiger partial charge in [0.2, 0.25) is 0 Å². The van der Waals surface area contributed by atoms with E-state index in [9.17, 15) is 13.6 Å². The van der Waals surface area contributed by atoms with E-state index in [2.05, 4.69) is 5.32 Å². The number of halogens is 2. The third-order valence-electron chi connectivity index (χ3n) is 4.09. The van der Waals surface area contributed by atoms with Crippen LogP contribution in [0.5, 0.6) is 5.75 Å². The number of carbonyl (C=O) groups is 1. The van der Waals surface area contributed by atoms with Crippen LogP contribution in [0.4, 0.5) is 13.6 Å². The molecule has 2 amide bonds. The molecule has 7 heteroatoms. The van der Waals surface area contributed by atoms with Crippen LogP contribution in [-0.2, 0) is 4.74 Å². The molecule has 0 aliphatic carbocycles. The van der Waals surface area contributed by atoms with Gasteiger partial charge in [0.15, 0.2) is 17.3 Å². The first-order chi connectivity index (χ1) is 10.4. The van der Waals surface area contributed by atoms with Crippen LogP contribution < -0.4 is 10.1 Å². The van der Waals surface area contributed by atoms with Crippen molar-refractivity contribution in [2.24, 2.45) is 0 Å². The maximum atomic E-state index is 14.0. The topological polar surface area (TPSA) is 50.8 Å². The molecule has 5 nitrogen and oxygen atoms in total. The van der Waals surface area contributed by atoms with Gasteiger partial charge in [0.1, 0.15) is 5.82 Å². The number of amides is 2. The third-order valence-corrected chi connectivity index (χ3v) is 4.09. The van der Waals surface area contributed by atoms with Gasteiger partial charge >= 0.3 is 6.03 Å². The van der Waals surface area contributed by atoms with Crippen LogP contribution in [0.15, 0.2) is 12.1 Å². The number of nitrogens with zero attached hydrogens (tertiary/aromatic N) is 1. The van der Waals surface area contributed by atoms with E-state index in [0.29, 0.717) is 31.7 Å². The largest absolute Gasteiger partial charge is 0.465 e. The number of rotatable bonds is 4. The summed E-state index contributed by atoms with van der Waals surface area (Å²) >= 11 is 0. The average molecular weight is 312 g/mol. The molecular formula is C15H18F2N2O3. The van der Waals surface area contributed by atoms with Gasteiger partial charge in [-0.25, -0.2) is 13.6 Å². The fourth-order valence-corrected chi connectivity index (χ4v) is 3.07. The molecule has 2 atom stereocenters. The summed E-state index contributed by atoms with van der Waals surface area (Å²) in [5.74, 6) is -1.44. The van der Waals surface area contributed by atoms with E-state index in [4.69, 9.17) is 9.47 Å². The van der Waals surface area contributed by atoms with E-state index in [1.807, 2.05) is 6.92 Å². The van der Waals surface area contributed by atoms with Crippen LogP contribution in [0.25, 0.3) is 0 Å². The smallest absolute Gasteiger partial charge is 0.321 e. The minimum atomic E-state index is -0.976. The molecule has 120 valence electrons. The summed E-state index contributed by atoms with van der Waals surface area (Å²) in [6.45, 7) is 4.85. The van der Waals surface area contributed by atoms with Crippen LogP contribution >= 0.6 is 0 Å². The number of urea groups is 1. The first-order valence-corrected chi connectivity index (χ1v) is 7.28. The van der Waals surface area contributed by atoms with Crippen LogP contribution in [0.3, 0.4) is 0 Å². The molecule has 1 aromatic carbocycles. The van der Waals surface area contributed by atoms with E-state index < -0.39 is 23.4 Å². The van der Waals surface area contributed by atoms with Crippen LogP contribution in [-0.4, -0.2) is 36.4 Å². The van der Waals surface area contributed by atoms with Crippen molar-refractivity contribution >= 4 is 6.03 Å². The van der Waals surface area contributed by atoms with Gasteiger partial charge < -0.3 is 14.8 Å². The van der Waals surface area contributed by atoms with E-state index in [1.54, 1.807) is 6.92 Å². The fourth-order valence-electron chi connectivity index (χ4n) is 3.07. The van der Waals surface area contributed by atoms with Crippen molar-refractivity contribution in [3.05, 3.63) is 29.3 Å². The Hall–Kier alpha value is -1.89. The highest BCUT2D eigenvalue weighted by atomic mass is 19.1. The van der Waals surface area contributed by atoms with E-state index in [0.717, 1.165) is 6.07 Å². The van der Waals surface area contributed by atoms with Gasteiger partial charge in [0.25, 0.3) is 0 Å². The summed E-state index contributed by atoms with van der Waals surface area (Å²) < 4.78 is 38.5. The summed E-state index contributed by atoms with van der Waals surface area (Å²) in [6, 6.07) is 1.21. The normalized spacial score (nSPS) is 26.3. The summed E-state index contributed by atoms with van der Waals surface area (Å²) in [7, 11) is 0. The second-order valence-corrected chi connectivity index (χ2v) is 5.64. The van der Waals surface area contributed by atoms with Crippen molar-refractivity contribution in [3.63, 3.8) is 0 Å². The van der Waals surface area contributed by atoms with Gasteiger partial charge in [0.05, 0.1) is 12.6 Å². The number of carbonyl (C=O) groups excluding carboxylic acids is 1. The molecule has 1 saturated heterocycles. The molecule has 1 aromatic rings. The molecule has 2 heterocycles. The van der Waals surface area contributed by atoms with E-state index in [1.165, 1.54) is 11.0 Å². The van der Waals surface area contributed by atoms with Gasteiger partial charge in [0, 0.05) is 31.2 Å². The highest BCUT2D eigenvalue weighted by Crippen LogP contribution is 2.45. The van der Waals surface area contributed by atoms with Crippen molar-refractivity contribution in [1.82, 2.24) is 10.2 Å². The van der Waals surface area contributed by atoms with Gasteiger partial charge in [-0.2, -0.15) is 0 Å². The molecule has 0 saturated carbocycles. The zero-order chi connectivity index (χ0) is 15.9. The molecule has 1 fully saturated rings. The lowest BCUT2D eigenvalue weighted by atomic mass is 9.90. The maximum Gasteiger partial charge on any atom is 0.321 e. The highest BCUT2D eigenvalue weighted by Gasteiger charge is 2.49. The quantitative estimate of drug-likeness (QED) is 0.869. The monoisotopic (exact) mass is 312 g/mol. The molecule has 2 aliphatic rings. The predicted molar refractivity (Wildman–Crippen MR) is 74.5 cm³/mol. The summed E-state index contributed by atoms with van der Waals surface area (Å²) in [4.78, 5) is 13.8. The number of benzene rings is 1. The Labute approximate surface area is 127 Å². The molecule has 1 N–H and O–H groups in total. The molecule has 0 spiro atoms. The Morgan fingerprint density at radius 2 is 2.27 bits per heavy atom. The highest BCUT2D eigenvalue weighted by molar-refractivity contribution is 5.77. The molecule has 0 radical (unpaired) electrons. The SMILES string of the molecule is CCOCCN1C(=O)NC2CC1(C)Oc1c(F)cc(F)cc12. The van der Waals surface area contributed by atoms with Gasteiger partial charge in [-0.3, -0.25) is 4.90 Å². The Morgan fingerprint density at radius 1 is 1.50 bits per heavy atom. The fraction of sp³-hybridized carbons (Fsp3) is 0.533. The summed E-state index contributed by atoms with van der Waals surface area (Å²) in [5.41, 5.74) is -0.636. The molecule has 22 heavy (non-hydrogen) atoms. The third kappa shape index (κ3) is 2.39. The maximum absolute atomic E-state index is 14.0. The van der Waals surface area contributed by atoms with Crippen molar-refractivity contribution < 1.29 is 23.0 Å². The Balaban J connectivity index is 1.93. The molecular weight excluding hydrogens is 294 g/mol. The van der Waals surface area contributed by atoms with Gasteiger partial charge in [-0.15, -0.1) is 0 Å². The zero-order valence-electron chi connectivity index (χ0n) is 12.5.